The number of fused-ring (bicyclic) bond motifs is 2. The summed E-state index contributed by atoms with van der Waals surface area (Å²) in [6.07, 6.45) is 4.97. The minimum Gasteiger partial charge on any atom is -0.469 e. The summed E-state index contributed by atoms with van der Waals surface area (Å²) in [6, 6.07) is 22.7. The van der Waals surface area contributed by atoms with Crippen molar-refractivity contribution < 1.29 is 9.53 Å². The van der Waals surface area contributed by atoms with Gasteiger partial charge in [-0.2, -0.15) is 0 Å². The molecule has 6 heteroatoms. The maximum absolute atomic E-state index is 12.6. The number of hydrogen-bond acceptors (Lipinski definition) is 6. The molecule has 0 saturated heterocycles. The van der Waals surface area contributed by atoms with Crippen molar-refractivity contribution in [3.63, 3.8) is 0 Å². The molecule has 0 spiro atoms. The van der Waals surface area contributed by atoms with Crippen LogP contribution in [0, 0.1) is 0 Å². The number of benzene rings is 3. The number of aliphatic imine (C=N–C) groups is 1. The van der Waals surface area contributed by atoms with Crippen LogP contribution in [0.1, 0.15) is 43.7 Å². The van der Waals surface area contributed by atoms with E-state index < -0.39 is 0 Å². The van der Waals surface area contributed by atoms with Crippen LogP contribution in [0.25, 0.3) is 10.8 Å². The molecule has 6 nitrogen and oxygen atoms in total. The lowest BCUT2D eigenvalue weighted by Gasteiger charge is -2.41. The molecule has 0 radical (unpaired) electrons. The number of methoxy groups -OCH3 is 1. The molecule has 0 aromatic heterocycles. The van der Waals surface area contributed by atoms with Gasteiger partial charge < -0.3 is 19.4 Å². The first-order valence-corrected chi connectivity index (χ1v) is 12.9. The SMILES string of the molecule is COC(=O)CC1c2ccccc2N=C(N(C)CCCCCCN(C)C)N1c1ccc2ccccc2c1. The molecule has 36 heavy (non-hydrogen) atoms. The van der Waals surface area contributed by atoms with E-state index >= 15 is 0 Å². The predicted octanol–water partition coefficient (Wildman–Crippen LogP) is 6.01. The second-order valence-electron chi connectivity index (χ2n) is 9.81. The minimum absolute atomic E-state index is 0.204. The van der Waals surface area contributed by atoms with E-state index in [0.29, 0.717) is 0 Å². The molecule has 4 rings (SSSR count). The van der Waals surface area contributed by atoms with Crippen LogP contribution in [0.15, 0.2) is 71.7 Å². The Morgan fingerprint density at radius 1 is 0.889 bits per heavy atom. The van der Waals surface area contributed by atoms with Gasteiger partial charge in [0.2, 0.25) is 5.96 Å². The number of anilines is 1. The number of hydrogen-bond donors (Lipinski definition) is 0. The van der Waals surface area contributed by atoms with Crippen LogP contribution in [-0.4, -0.2) is 63.1 Å². The summed E-state index contributed by atoms with van der Waals surface area (Å²) in [5.74, 6) is 0.636. The van der Waals surface area contributed by atoms with E-state index in [1.807, 2.05) is 18.2 Å². The highest BCUT2D eigenvalue weighted by Gasteiger charge is 2.34. The van der Waals surface area contributed by atoms with Gasteiger partial charge in [0.1, 0.15) is 0 Å². The topological polar surface area (TPSA) is 48.4 Å². The van der Waals surface area contributed by atoms with Crippen molar-refractivity contribution in [2.45, 2.75) is 38.1 Å². The summed E-state index contributed by atoms with van der Waals surface area (Å²) in [6.45, 7) is 2.03. The number of ether oxygens (including phenoxy) is 1. The molecule has 0 bridgehead atoms. The van der Waals surface area contributed by atoms with Crippen molar-refractivity contribution in [1.29, 1.82) is 0 Å². The molecule has 0 amide bonds. The molecule has 190 valence electrons. The lowest BCUT2D eigenvalue weighted by Crippen LogP contribution is -2.47. The summed E-state index contributed by atoms with van der Waals surface area (Å²) in [5.41, 5.74) is 2.97. The Bertz CT molecular complexity index is 1210. The Morgan fingerprint density at radius 3 is 2.33 bits per heavy atom. The lowest BCUT2D eigenvalue weighted by atomic mass is 9.97. The average molecular weight is 487 g/mol. The van der Waals surface area contributed by atoms with E-state index in [0.717, 1.165) is 47.8 Å². The summed E-state index contributed by atoms with van der Waals surface area (Å²) in [7, 11) is 7.81. The fourth-order valence-corrected chi connectivity index (χ4v) is 4.88. The van der Waals surface area contributed by atoms with Gasteiger partial charge in [-0.15, -0.1) is 0 Å². The zero-order chi connectivity index (χ0) is 25.5. The molecule has 0 N–H and O–H groups in total. The van der Waals surface area contributed by atoms with E-state index in [4.69, 9.17) is 9.73 Å². The van der Waals surface area contributed by atoms with Gasteiger partial charge in [0.25, 0.3) is 0 Å². The smallest absolute Gasteiger partial charge is 0.307 e. The number of carbonyl (C=O) groups is 1. The molecular formula is C30H38N4O2. The standard InChI is InChI=1S/C30H38N4O2/c1-32(2)19-11-5-6-12-20-33(3)30-31-27-16-10-9-15-26(27)28(22-29(35)36-4)34(30)25-18-17-23-13-7-8-14-24(23)21-25/h7-10,13-18,21,28H,5-6,11-12,19-20,22H2,1-4H3. The third-order valence-electron chi connectivity index (χ3n) is 6.83. The maximum Gasteiger partial charge on any atom is 0.307 e. The number of carbonyl (C=O) groups excluding carboxylic acids is 1. The maximum atomic E-state index is 12.6. The van der Waals surface area contributed by atoms with Gasteiger partial charge in [0, 0.05) is 24.8 Å². The van der Waals surface area contributed by atoms with Crippen LogP contribution in [-0.2, 0) is 9.53 Å². The van der Waals surface area contributed by atoms with Crippen LogP contribution in [0.3, 0.4) is 0 Å². The molecule has 1 atom stereocenters. The van der Waals surface area contributed by atoms with E-state index in [2.05, 4.69) is 84.4 Å². The van der Waals surface area contributed by atoms with Crippen molar-refractivity contribution in [3.8, 4) is 0 Å². The van der Waals surface area contributed by atoms with Crippen LogP contribution >= 0.6 is 0 Å². The Kier molecular flexibility index (Phi) is 8.60. The van der Waals surface area contributed by atoms with Gasteiger partial charge >= 0.3 is 5.97 Å². The van der Waals surface area contributed by atoms with Crippen LogP contribution in [0.2, 0.25) is 0 Å². The summed E-state index contributed by atoms with van der Waals surface area (Å²) in [5, 5.41) is 2.35. The van der Waals surface area contributed by atoms with E-state index in [1.54, 1.807) is 0 Å². The molecule has 3 aromatic rings. The summed E-state index contributed by atoms with van der Waals surface area (Å²) < 4.78 is 5.11. The second kappa shape index (κ2) is 12.0. The fourth-order valence-electron chi connectivity index (χ4n) is 4.88. The van der Waals surface area contributed by atoms with Gasteiger partial charge in [-0.1, -0.05) is 61.4 Å². The third kappa shape index (κ3) is 6.05. The zero-order valence-electron chi connectivity index (χ0n) is 22.0. The van der Waals surface area contributed by atoms with Crippen molar-refractivity contribution >= 4 is 34.1 Å². The Morgan fingerprint density at radius 2 is 1.58 bits per heavy atom. The first-order valence-electron chi connectivity index (χ1n) is 12.9. The van der Waals surface area contributed by atoms with E-state index in [9.17, 15) is 4.79 Å². The molecule has 0 fully saturated rings. The van der Waals surface area contributed by atoms with Crippen molar-refractivity contribution in [1.82, 2.24) is 9.80 Å². The molecule has 0 aliphatic carbocycles. The van der Waals surface area contributed by atoms with Crippen LogP contribution in [0.5, 0.6) is 0 Å². The number of unbranched alkanes of at least 4 members (excludes halogenated alkanes) is 3. The first kappa shape index (κ1) is 25.7. The number of para-hydroxylation sites is 1. The van der Waals surface area contributed by atoms with E-state index in [1.165, 1.54) is 31.8 Å². The quantitative estimate of drug-likeness (QED) is 0.260. The number of esters is 1. The van der Waals surface area contributed by atoms with Crippen LogP contribution in [0.4, 0.5) is 11.4 Å². The van der Waals surface area contributed by atoms with Crippen LogP contribution < -0.4 is 4.90 Å². The van der Waals surface area contributed by atoms with Crippen molar-refractivity contribution in [2.75, 3.05) is 46.2 Å². The summed E-state index contributed by atoms with van der Waals surface area (Å²) >= 11 is 0. The fraction of sp³-hybridized carbons (Fsp3) is 0.400. The van der Waals surface area contributed by atoms with Gasteiger partial charge in [0.15, 0.2) is 0 Å². The number of rotatable bonds is 10. The molecule has 1 aliphatic heterocycles. The monoisotopic (exact) mass is 486 g/mol. The Balaban J connectivity index is 1.66. The summed E-state index contributed by atoms with van der Waals surface area (Å²) in [4.78, 5) is 24.4. The van der Waals surface area contributed by atoms with Gasteiger partial charge in [-0.3, -0.25) is 4.79 Å². The number of guanidine groups is 1. The first-order chi connectivity index (χ1) is 17.5. The Labute approximate surface area is 215 Å². The molecule has 3 aromatic carbocycles. The zero-order valence-corrected chi connectivity index (χ0v) is 22.0. The predicted molar refractivity (Wildman–Crippen MR) is 149 cm³/mol. The third-order valence-corrected chi connectivity index (χ3v) is 6.83. The lowest BCUT2D eigenvalue weighted by molar-refractivity contribution is -0.141. The van der Waals surface area contributed by atoms with Gasteiger partial charge in [-0.05, 0) is 62.5 Å². The normalized spacial score (nSPS) is 15.1. The van der Waals surface area contributed by atoms with Gasteiger partial charge in [0.05, 0.1) is 25.3 Å². The second-order valence-corrected chi connectivity index (χ2v) is 9.81. The minimum atomic E-state index is -0.231. The molecule has 0 saturated carbocycles. The Hall–Kier alpha value is -3.38. The highest BCUT2D eigenvalue weighted by molar-refractivity contribution is 6.02. The highest BCUT2D eigenvalue weighted by Crippen LogP contribution is 2.41. The highest BCUT2D eigenvalue weighted by atomic mass is 16.5. The van der Waals surface area contributed by atoms with E-state index in [-0.39, 0.29) is 18.4 Å². The number of nitrogens with zero attached hydrogens (tertiary/aromatic N) is 4. The van der Waals surface area contributed by atoms with Crippen molar-refractivity contribution in [3.05, 3.63) is 72.3 Å². The van der Waals surface area contributed by atoms with Crippen molar-refractivity contribution in [2.24, 2.45) is 4.99 Å². The molecule has 1 aliphatic rings. The molecular weight excluding hydrogens is 448 g/mol. The molecule has 1 unspecified atom stereocenters. The molecule has 1 heterocycles. The largest absolute Gasteiger partial charge is 0.469 e. The van der Waals surface area contributed by atoms with Gasteiger partial charge in [-0.25, -0.2) is 4.99 Å². The average Bonchev–Trinajstić information content (AvgIpc) is 2.89.